The summed E-state index contributed by atoms with van der Waals surface area (Å²) in [4.78, 5) is 26.5. The lowest BCUT2D eigenvalue weighted by Gasteiger charge is -2.31. The standard InChI is InChI=1S/C20H24N2O3/c1-14-5-7-16(8-6-14)15(2)21-19(23)17-9-11-22(12-10-17)20(24)18-4-3-13-25-18/h3-8,13,15,17H,9-12H2,1-2H3,(H,21,23). The molecule has 132 valence electrons. The molecule has 1 atom stereocenters. The van der Waals surface area contributed by atoms with E-state index in [1.807, 2.05) is 26.0 Å². The van der Waals surface area contributed by atoms with Crippen molar-refractivity contribution in [1.29, 1.82) is 0 Å². The maximum absolute atomic E-state index is 12.5. The number of amides is 2. The topological polar surface area (TPSA) is 62.6 Å². The number of hydrogen-bond donors (Lipinski definition) is 1. The molecule has 5 nitrogen and oxygen atoms in total. The van der Waals surface area contributed by atoms with Crippen molar-refractivity contribution >= 4 is 11.8 Å². The van der Waals surface area contributed by atoms with Crippen LogP contribution in [0.3, 0.4) is 0 Å². The number of aryl methyl sites for hydroxylation is 1. The van der Waals surface area contributed by atoms with Gasteiger partial charge in [0.2, 0.25) is 5.91 Å². The molecular weight excluding hydrogens is 316 g/mol. The number of likely N-dealkylation sites (tertiary alicyclic amines) is 1. The molecule has 0 spiro atoms. The first-order valence-electron chi connectivity index (χ1n) is 8.74. The van der Waals surface area contributed by atoms with Gasteiger partial charge in [0.05, 0.1) is 12.3 Å². The van der Waals surface area contributed by atoms with Crippen molar-refractivity contribution in [2.75, 3.05) is 13.1 Å². The molecule has 25 heavy (non-hydrogen) atoms. The normalized spacial score (nSPS) is 16.5. The average molecular weight is 340 g/mol. The van der Waals surface area contributed by atoms with Crippen molar-refractivity contribution in [2.45, 2.75) is 32.7 Å². The van der Waals surface area contributed by atoms with Gasteiger partial charge in [0.1, 0.15) is 0 Å². The molecule has 0 bridgehead atoms. The van der Waals surface area contributed by atoms with E-state index in [2.05, 4.69) is 17.4 Å². The lowest BCUT2D eigenvalue weighted by molar-refractivity contribution is -0.127. The molecule has 1 aliphatic rings. The Hall–Kier alpha value is -2.56. The number of piperidine rings is 1. The van der Waals surface area contributed by atoms with Crippen LogP contribution < -0.4 is 5.32 Å². The third-order valence-electron chi connectivity index (χ3n) is 4.82. The summed E-state index contributed by atoms with van der Waals surface area (Å²) in [7, 11) is 0. The van der Waals surface area contributed by atoms with Crippen LogP contribution in [0.4, 0.5) is 0 Å². The second-order valence-electron chi connectivity index (χ2n) is 6.68. The Morgan fingerprint density at radius 2 is 1.84 bits per heavy atom. The van der Waals surface area contributed by atoms with Gasteiger partial charge in [-0.1, -0.05) is 29.8 Å². The Bertz CT molecular complexity index is 714. The summed E-state index contributed by atoms with van der Waals surface area (Å²) in [5, 5.41) is 3.10. The Labute approximate surface area is 148 Å². The Kier molecular flexibility index (Phi) is 5.22. The van der Waals surface area contributed by atoms with Crippen LogP contribution >= 0.6 is 0 Å². The quantitative estimate of drug-likeness (QED) is 0.929. The molecule has 2 aromatic rings. The van der Waals surface area contributed by atoms with E-state index < -0.39 is 0 Å². The van der Waals surface area contributed by atoms with Crippen molar-refractivity contribution in [3.05, 3.63) is 59.5 Å². The molecule has 0 aliphatic carbocycles. The van der Waals surface area contributed by atoms with E-state index in [1.54, 1.807) is 17.0 Å². The van der Waals surface area contributed by atoms with Gasteiger partial charge >= 0.3 is 0 Å². The lowest BCUT2D eigenvalue weighted by atomic mass is 9.95. The summed E-state index contributed by atoms with van der Waals surface area (Å²) in [6.45, 7) is 5.20. The summed E-state index contributed by atoms with van der Waals surface area (Å²) in [5.74, 6) is 0.277. The first kappa shape index (κ1) is 17.3. The number of furan rings is 1. The molecule has 1 unspecified atom stereocenters. The highest BCUT2D eigenvalue weighted by Gasteiger charge is 2.29. The highest BCUT2D eigenvalue weighted by atomic mass is 16.3. The van der Waals surface area contributed by atoms with Crippen LogP contribution in [0, 0.1) is 12.8 Å². The van der Waals surface area contributed by atoms with Gasteiger partial charge in [-0.2, -0.15) is 0 Å². The first-order chi connectivity index (χ1) is 12.0. The van der Waals surface area contributed by atoms with Gasteiger partial charge < -0.3 is 14.6 Å². The summed E-state index contributed by atoms with van der Waals surface area (Å²) in [6, 6.07) is 11.6. The summed E-state index contributed by atoms with van der Waals surface area (Å²) >= 11 is 0. The highest BCUT2D eigenvalue weighted by Crippen LogP contribution is 2.21. The first-order valence-corrected chi connectivity index (χ1v) is 8.74. The Morgan fingerprint density at radius 3 is 2.44 bits per heavy atom. The minimum absolute atomic E-state index is 0.0177. The third-order valence-corrected chi connectivity index (χ3v) is 4.82. The van der Waals surface area contributed by atoms with Gasteiger partial charge in [-0.3, -0.25) is 9.59 Å². The highest BCUT2D eigenvalue weighted by molar-refractivity contribution is 5.91. The maximum Gasteiger partial charge on any atom is 0.289 e. The minimum Gasteiger partial charge on any atom is -0.459 e. The number of hydrogen-bond acceptors (Lipinski definition) is 3. The molecule has 1 aromatic heterocycles. The molecule has 1 fully saturated rings. The minimum atomic E-state index is -0.100. The largest absolute Gasteiger partial charge is 0.459 e. The molecule has 1 saturated heterocycles. The molecule has 1 aliphatic heterocycles. The van der Waals surface area contributed by atoms with Crippen LogP contribution in [0.15, 0.2) is 47.1 Å². The third kappa shape index (κ3) is 4.10. The number of nitrogens with one attached hydrogen (secondary N) is 1. The van der Waals surface area contributed by atoms with Gasteiger partial charge in [-0.15, -0.1) is 0 Å². The van der Waals surface area contributed by atoms with E-state index in [-0.39, 0.29) is 23.8 Å². The Balaban J connectivity index is 1.51. The van der Waals surface area contributed by atoms with E-state index >= 15 is 0 Å². The lowest BCUT2D eigenvalue weighted by Crippen LogP contribution is -2.43. The molecule has 5 heteroatoms. The van der Waals surface area contributed by atoms with E-state index in [0.29, 0.717) is 31.7 Å². The number of nitrogens with zero attached hydrogens (tertiary/aromatic N) is 1. The SMILES string of the molecule is Cc1ccc(C(C)NC(=O)C2CCN(C(=O)c3ccco3)CC2)cc1. The van der Waals surface area contributed by atoms with Crippen LogP contribution in [0.25, 0.3) is 0 Å². The second kappa shape index (κ2) is 7.55. The van der Waals surface area contributed by atoms with Crippen LogP contribution in [0.5, 0.6) is 0 Å². The molecule has 2 amide bonds. The van der Waals surface area contributed by atoms with Crippen LogP contribution in [-0.4, -0.2) is 29.8 Å². The fourth-order valence-electron chi connectivity index (χ4n) is 3.17. The van der Waals surface area contributed by atoms with Crippen molar-refractivity contribution < 1.29 is 14.0 Å². The molecule has 1 aromatic carbocycles. The average Bonchev–Trinajstić information content (AvgIpc) is 3.16. The van der Waals surface area contributed by atoms with Gasteiger partial charge in [0.15, 0.2) is 5.76 Å². The van der Waals surface area contributed by atoms with Gasteiger partial charge in [0, 0.05) is 19.0 Å². The number of carbonyl (C=O) groups is 2. The van der Waals surface area contributed by atoms with Gasteiger partial charge in [0.25, 0.3) is 5.91 Å². The molecule has 0 saturated carbocycles. The molecule has 3 rings (SSSR count). The van der Waals surface area contributed by atoms with E-state index in [0.717, 1.165) is 5.56 Å². The van der Waals surface area contributed by atoms with E-state index in [1.165, 1.54) is 11.8 Å². The number of carbonyl (C=O) groups excluding carboxylic acids is 2. The van der Waals surface area contributed by atoms with Crippen LogP contribution in [0.2, 0.25) is 0 Å². The maximum atomic E-state index is 12.5. The summed E-state index contributed by atoms with van der Waals surface area (Å²) < 4.78 is 5.16. The zero-order valence-corrected chi connectivity index (χ0v) is 14.7. The molecule has 2 heterocycles. The van der Waals surface area contributed by atoms with Crippen molar-refractivity contribution in [3.63, 3.8) is 0 Å². The molecule has 0 radical (unpaired) electrons. The van der Waals surface area contributed by atoms with Gasteiger partial charge in [-0.25, -0.2) is 0 Å². The summed E-state index contributed by atoms with van der Waals surface area (Å²) in [5.41, 5.74) is 2.31. The van der Waals surface area contributed by atoms with Crippen molar-refractivity contribution in [1.82, 2.24) is 10.2 Å². The fourth-order valence-corrected chi connectivity index (χ4v) is 3.17. The Morgan fingerprint density at radius 1 is 1.16 bits per heavy atom. The number of benzene rings is 1. The fraction of sp³-hybridized carbons (Fsp3) is 0.400. The van der Waals surface area contributed by atoms with Crippen molar-refractivity contribution in [3.8, 4) is 0 Å². The zero-order chi connectivity index (χ0) is 17.8. The second-order valence-corrected chi connectivity index (χ2v) is 6.68. The molecular formula is C20H24N2O3. The predicted octanol–water partition coefficient (Wildman–Crippen LogP) is 3.32. The predicted molar refractivity (Wildman–Crippen MR) is 95.1 cm³/mol. The zero-order valence-electron chi connectivity index (χ0n) is 14.7. The van der Waals surface area contributed by atoms with Crippen LogP contribution in [-0.2, 0) is 4.79 Å². The molecule has 1 N–H and O–H groups in total. The smallest absolute Gasteiger partial charge is 0.289 e. The summed E-state index contributed by atoms with van der Waals surface area (Å²) in [6.07, 6.45) is 2.86. The van der Waals surface area contributed by atoms with Crippen molar-refractivity contribution in [2.24, 2.45) is 5.92 Å². The number of rotatable bonds is 4. The van der Waals surface area contributed by atoms with E-state index in [4.69, 9.17) is 4.42 Å². The monoisotopic (exact) mass is 340 g/mol. The van der Waals surface area contributed by atoms with Gasteiger partial charge in [-0.05, 0) is 44.4 Å². The van der Waals surface area contributed by atoms with E-state index in [9.17, 15) is 9.59 Å². The van der Waals surface area contributed by atoms with Crippen LogP contribution in [0.1, 0.15) is 47.5 Å².